The second-order valence-corrected chi connectivity index (χ2v) is 5.56. The van der Waals surface area contributed by atoms with Gasteiger partial charge in [-0.25, -0.2) is 4.39 Å². The zero-order valence-electron chi connectivity index (χ0n) is 12.0. The summed E-state index contributed by atoms with van der Waals surface area (Å²) in [4.78, 5) is 14.2. The predicted molar refractivity (Wildman–Crippen MR) is 80.3 cm³/mol. The van der Waals surface area contributed by atoms with Gasteiger partial charge >= 0.3 is 0 Å². The lowest BCUT2D eigenvalue weighted by atomic mass is 9.93. The van der Waals surface area contributed by atoms with Gasteiger partial charge < -0.3 is 10.6 Å². The minimum atomic E-state index is -0.799. The van der Waals surface area contributed by atoms with Crippen LogP contribution in [0, 0.1) is 5.82 Å². The Labute approximate surface area is 125 Å². The van der Waals surface area contributed by atoms with Crippen LogP contribution in [-0.2, 0) is 17.8 Å². The van der Waals surface area contributed by atoms with Crippen LogP contribution in [0.15, 0.2) is 18.2 Å². The zero-order valence-corrected chi connectivity index (χ0v) is 12.8. The molecule has 1 aromatic rings. The molecule has 1 unspecified atom stereocenters. The van der Waals surface area contributed by atoms with Gasteiger partial charge in [0.25, 0.3) is 0 Å². The largest absolute Gasteiger partial charge is 0.336 e. The summed E-state index contributed by atoms with van der Waals surface area (Å²) in [7, 11) is 0. The normalized spacial score (nSPS) is 16.9. The molecule has 5 heteroatoms. The van der Waals surface area contributed by atoms with E-state index in [2.05, 4.69) is 0 Å². The number of carbonyl (C=O) groups excluding carboxylic acids is 1. The molecule has 112 valence electrons. The minimum absolute atomic E-state index is 0. The van der Waals surface area contributed by atoms with E-state index in [-0.39, 0.29) is 24.1 Å². The van der Waals surface area contributed by atoms with Crippen molar-refractivity contribution >= 4 is 18.3 Å². The highest BCUT2D eigenvalue weighted by atomic mass is 35.5. The second kappa shape index (κ2) is 6.55. The maximum absolute atomic E-state index is 13.1. The van der Waals surface area contributed by atoms with Crippen molar-refractivity contribution in [2.75, 3.05) is 6.54 Å². The van der Waals surface area contributed by atoms with Gasteiger partial charge in [0.05, 0.1) is 5.54 Å². The maximum Gasteiger partial charge on any atom is 0.242 e. The van der Waals surface area contributed by atoms with Gasteiger partial charge in [0.15, 0.2) is 0 Å². The third-order valence-electron chi connectivity index (χ3n) is 3.73. The maximum atomic E-state index is 13.1. The van der Waals surface area contributed by atoms with Gasteiger partial charge in [-0.2, -0.15) is 0 Å². The predicted octanol–water partition coefficient (Wildman–Crippen LogP) is 2.65. The third kappa shape index (κ3) is 3.49. The van der Waals surface area contributed by atoms with Crippen LogP contribution in [0.5, 0.6) is 0 Å². The molecule has 1 aliphatic heterocycles. The molecule has 0 saturated heterocycles. The monoisotopic (exact) mass is 300 g/mol. The quantitative estimate of drug-likeness (QED) is 0.933. The number of nitrogens with two attached hydrogens (primary N) is 1. The van der Waals surface area contributed by atoms with Crippen molar-refractivity contribution in [3.05, 3.63) is 35.1 Å². The van der Waals surface area contributed by atoms with Crippen LogP contribution in [0.3, 0.4) is 0 Å². The smallest absolute Gasteiger partial charge is 0.242 e. The van der Waals surface area contributed by atoms with Crippen molar-refractivity contribution in [3.8, 4) is 0 Å². The van der Waals surface area contributed by atoms with Gasteiger partial charge in [-0.15, -0.1) is 12.4 Å². The highest BCUT2D eigenvalue weighted by Crippen LogP contribution is 2.23. The van der Waals surface area contributed by atoms with Crippen molar-refractivity contribution in [2.45, 2.75) is 45.2 Å². The molecule has 20 heavy (non-hydrogen) atoms. The average Bonchev–Trinajstić information content (AvgIpc) is 2.37. The number of halogens is 2. The van der Waals surface area contributed by atoms with Crippen LogP contribution in [-0.4, -0.2) is 22.9 Å². The van der Waals surface area contributed by atoms with Crippen molar-refractivity contribution in [1.29, 1.82) is 0 Å². The van der Waals surface area contributed by atoms with E-state index in [4.69, 9.17) is 5.73 Å². The lowest BCUT2D eigenvalue weighted by Crippen LogP contribution is -2.54. The number of rotatable bonds is 3. The van der Waals surface area contributed by atoms with E-state index in [0.29, 0.717) is 25.9 Å². The second-order valence-electron chi connectivity index (χ2n) is 5.56. The number of hydrogen-bond acceptors (Lipinski definition) is 2. The zero-order chi connectivity index (χ0) is 14.0. The average molecular weight is 301 g/mol. The molecule has 0 radical (unpaired) electrons. The molecule has 1 heterocycles. The van der Waals surface area contributed by atoms with E-state index >= 15 is 0 Å². The highest BCUT2D eigenvalue weighted by Gasteiger charge is 2.33. The lowest BCUT2D eigenvalue weighted by Gasteiger charge is -2.35. The third-order valence-corrected chi connectivity index (χ3v) is 3.73. The van der Waals surface area contributed by atoms with Crippen LogP contribution in [0.2, 0.25) is 0 Å². The van der Waals surface area contributed by atoms with Gasteiger partial charge in [-0.1, -0.05) is 19.4 Å². The van der Waals surface area contributed by atoms with E-state index in [9.17, 15) is 9.18 Å². The Morgan fingerprint density at radius 3 is 2.80 bits per heavy atom. The SMILES string of the molecule is CCCC(C)(N)C(=O)N1CCc2cc(F)ccc2C1.Cl. The first-order valence-corrected chi connectivity index (χ1v) is 6.79. The molecular formula is C15H22ClFN2O. The Kier molecular flexibility index (Phi) is 5.54. The number of hydrogen-bond donors (Lipinski definition) is 1. The van der Waals surface area contributed by atoms with Gasteiger partial charge in [0.2, 0.25) is 5.91 Å². The molecule has 1 aliphatic rings. The number of carbonyl (C=O) groups is 1. The molecule has 3 nitrogen and oxygen atoms in total. The van der Waals surface area contributed by atoms with Crippen LogP contribution in [0.25, 0.3) is 0 Å². The Balaban J connectivity index is 0.00000200. The standard InChI is InChI=1S/C15H21FN2O.ClH/c1-3-7-15(2,17)14(19)18-8-6-11-9-13(16)5-4-12(11)10-18;/h4-5,9H,3,6-8,10,17H2,1-2H3;1H. The van der Waals surface area contributed by atoms with Crippen molar-refractivity contribution in [1.82, 2.24) is 4.90 Å². The molecule has 0 aromatic heterocycles. The molecule has 1 aromatic carbocycles. The summed E-state index contributed by atoms with van der Waals surface area (Å²) in [6, 6.07) is 4.77. The van der Waals surface area contributed by atoms with Crippen LogP contribution >= 0.6 is 12.4 Å². The molecule has 2 rings (SSSR count). The fourth-order valence-electron chi connectivity index (χ4n) is 2.68. The van der Waals surface area contributed by atoms with E-state index < -0.39 is 5.54 Å². The molecule has 2 N–H and O–H groups in total. The first kappa shape index (κ1) is 16.9. The summed E-state index contributed by atoms with van der Waals surface area (Å²) in [6.07, 6.45) is 2.26. The van der Waals surface area contributed by atoms with E-state index in [0.717, 1.165) is 17.5 Å². The van der Waals surface area contributed by atoms with Gasteiger partial charge in [-0.05, 0) is 43.0 Å². The van der Waals surface area contributed by atoms with Gasteiger partial charge in [0.1, 0.15) is 5.82 Å². The molecule has 0 bridgehead atoms. The number of amides is 1. The first-order valence-electron chi connectivity index (χ1n) is 6.79. The van der Waals surface area contributed by atoms with Crippen LogP contribution in [0.1, 0.15) is 37.8 Å². The van der Waals surface area contributed by atoms with Crippen molar-refractivity contribution in [3.63, 3.8) is 0 Å². The van der Waals surface area contributed by atoms with E-state index in [1.54, 1.807) is 24.0 Å². The molecule has 0 fully saturated rings. The first-order chi connectivity index (χ1) is 8.94. The summed E-state index contributed by atoms with van der Waals surface area (Å²) in [5.74, 6) is -0.225. The fraction of sp³-hybridized carbons (Fsp3) is 0.533. The summed E-state index contributed by atoms with van der Waals surface area (Å²) < 4.78 is 13.1. The van der Waals surface area contributed by atoms with Crippen molar-refractivity contribution in [2.24, 2.45) is 5.73 Å². The highest BCUT2D eigenvalue weighted by molar-refractivity contribution is 5.86. The summed E-state index contributed by atoms with van der Waals surface area (Å²) >= 11 is 0. The number of nitrogens with zero attached hydrogens (tertiary/aromatic N) is 1. The Morgan fingerprint density at radius 1 is 1.45 bits per heavy atom. The summed E-state index contributed by atoms with van der Waals surface area (Å²) in [5.41, 5.74) is 7.32. The van der Waals surface area contributed by atoms with E-state index in [1.165, 1.54) is 6.07 Å². The van der Waals surface area contributed by atoms with E-state index in [1.807, 2.05) is 6.92 Å². The lowest BCUT2D eigenvalue weighted by molar-refractivity contribution is -0.137. The van der Waals surface area contributed by atoms with Gasteiger partial charge in [-0.3, -0.25) is 4.79 Å². The molecule has 0 aliphatic carbocycles. The number of fused-ring (bicyclic) bond motifs is 1. The topological polar surface area (TPSA) is 46.3 Å². The molecular weight excluding hydrogens is 279 g/mol. The molecule has 0 saturated carbocycles. The minimum Gasteiger partial charge on any atom is -0.336 e. The summed E-state index contributed by atoms with van der Waals surface area (Å²) in [6.45, 7) is 4.96. The van der Waals surface area contributed by atoms with Crippen molar-refractivity contribution < 1.29 is 9.18 Å². The Bertz CT molecular complexity index is 491. The Hall–Kier alpha value is -1.13. The molecule has 1 atom stereocenters. The Morgan fingerprint density at radius 2 is 2.15 bits per heavy atom. The van der Waals surface area contributed by atoms with Crippen LogP contribution in [0.4, 0.5) is 4.39 Å². The molecule has 0 spiro atoms. The molecule has 1 amide bonds. The number of benzene rings is 1. The summed E-state index contributed by atoms with van der Waals surface area (Å²) in [5, 5.41) is 0. The fourth-order valence-corrected chi connectivity index (χ4v) is 2.68. The van der Waals surface area contributed by atoms with Crippen LogP contribution < -0.4 is 5.73 Å². The van der Waals surface area contributed by atoms with Gasteiger partial charge in [0, 0.05) is 13.1 Å².